The summed E-state index contributed by atoms with van der Waals surface area (Å²) in [5.41, 5.74) is 5.82. The topological polar surface area (TPSA) is 42.7 Å². The lowest BCUT2D eigenvalue weighted by atomic mass is 10.1. The van der Waals surface area contributed by atoms with Gasteiger partial charge in [-0.2, -0.15) is 0 Å². The zero-order valence-electron chi connectivity index (χ0n) is 16.5. The smallest absolute Gasteiger partial charge is 0.123 e. The Morgan fingerprint density at radius 1 is 1.07 bits per heavy atom. The number of imidazole rings is 1. The second-order valence-corrected chi connectivity index (χ2v) is 7.52. The number of likely N-dealkylation sites (tertiary alicyclic amines) is 1. The highest BCUT2D eigenvalue weighted by atomic mass is 16.5. The molecule has 1 atom stereocenters. The van der Waals surface area contributed by atoms with Crippen molar-refractivity contribution in [1.29, 1.82) is 0 Å². The van der Waals surface area contributed by atoms with E-state index in [-0.39, 0.29) is 0 Å². The first-order chi connectivity index (χ1) is 14.3. The average Bonchev–Trinajstić information content (AvgIpc) is 3.40. The van der Waals surface area contributed by atoms with E-state index in [1.165, 1.54) is 17.5 Å². The summed E-state index contributed by atoms with van der Waals surface area (Å²) >= 11 is 0. The Labute approximate surface area is 170 Å². The van der Waals surface area contributed by atoms with Crippen LogP contribution in [0.5, 0.6) is 5.75 Å². The van der Waals surface area contributed by atoms with Gasteiger partial charge in [0.05, 0.1) is 30.7 Å². The van der Waals surface area contributed by atoms with Gasteiger partial charge < -0.3 is 9.14 Å². The van der Waals surface area contributed by atoms with Crippen LogP contribution in [-0.4, -0.2) is 32.9 Å². The van der Waals surface area contributed by atoms with Crippen molar-refractivity contribution in [3.8, 4) is 16.9 Å². The first kappa shape index (κ1) is 17.9. The average molecular weight is 384 g/mol. The Morgan fingerprint density at radius 2 is 2.00 bits per heavy atom. The van der Waals surface area contributed by atoms with E-state index in [1.807, 2.05) is 30.7 Å². The van der Waals surface area contributed by atoms with Crippen molar-refractivity contribution in [1.82, 2.24) is 19.3 Å². The van der Waals surface area contributed by atoms with Crippen LogP contribution in [0.25, 0.3) is 16.6 Å². The minimum Gasteiger partial charge on any atom is -0.496 e. The van der Waals surface area contributed by atoms with Crippen molar-refractivity contribution in [2.24, 2.45) is 0 Å². The molecule has 1 saturated heterocycles. The van der Waals surface area contributed by atoms with Gasteiger partial charge >= 0.3 is 0 Å². The second-order valence-electron chi connectivity index (χ2n) is 7.52. The molecule has 1 unspecified atom stereocenters. The van der Waals surface area contributed by atoms with Crippen molar-refractivity contribution in [3.05, 3.63) is 84.7 Å². The Morgan fingerprint density at radius 3 is 2.86 bits per heavy atom. The van der Waals surface area contributed by atoms with Crippen LogP contribution in [0.4, 0.5) is 0 Å². The molecule has 1 fully saturated rings. The third kappa shape index (κ3) is 3.38. The van der Waals surface area contributed by atoms with Crippen molar-refractivity contribution < 1.29 is 4.74 Å². The number of benzene rings is 1. The molecule has 29 heavy (non-hydrogen) atoms. The van der Waals surface area contributed by atoms with E-state index in [2.05, 4.69) is 50.8 Å². The molecule has 0 bridgehead atoms. The molecule has 0 saturated carbocycles. The zero-order valence-corrected chi connectivity index (χ0v) is 16.5. The van der Waals surface area contributed by atoms with E-state index in [0.717, 1.165) is 42.1 Å². The van der Waals surface area contributed by atoms with E-state index < -0.39 is 0 Å². The third-order valence-electron chi connectivity index (χ3n) is 5.80. The van der Waals surface area contributed by atoms with Crippen LogP contribution in [-0.2, 0) is 6.54 Å². The van der Waals surface area contributed by atoms with Gasteiger partial charge in [-0.05, 0) is 43.1 Å². The largest absolute Gasteiger partial charge is 0.496 e. The SMILES string of the molecule is COc1ccccc1CN1CCCC1c1ncn2cc(-c3cccnc3)ccc12. The lowest BCUT2D eigenvalue weighted by Crippen LogP contribution is -2.23. The number of pyridine rings is 2. The van der Waals surface area contributed by atoms with Crippen LogP contribution in [0, 0.1) is 0 Å². The summed E-state index contributed by atoms with van der Waals surface area (Å²) in [6.07, 6.45) is 10.1. The summed E-state index contributed by atoms with van der Waals surface area (Å²) in [6.45, 7) is 1.96. The normalized spacial score (nSPS) is 17.1. The van der Waals surface area contributed by atoms with Crippen LogP contribution in [0.1, 0.15) is 30.1 Å². The first-order valence-corrected chi connectivity index (χ1v) is 10.1. The van der Waals surface area contributed by atoms with Crippen molar-refractivity contribution in [2.45, 2.75) is 25.4 Å². The summed E-state index contributed by atoms with van der Waals surface area (Å²) < 4.78 is 7.69. The van der Waals surface area contributed by atoms with Crippen LogP contribution < -0.4 is 4.74 Å². The molecule has 3 aromatic heterocycles. The maximum atomic E-state index is 5.56. The van der Waals surface area contributed by atoms with Gasteiger partial charge in [-0.1, -0.05) is 30.3 Å². The highest BCUT2D eigenvalue weighted by molar-refractivity contribution is 5.66. The number of aromatic nitrogens is 3. The number of ether oxygens (including phenoxy) is 1. The van der Waals surface area contributed by atoms with Crippen LogP contribution in [0.3, 0.4) is 0 Å². The number of nitrogens with zero attached hydrogens (tertiary/aromatic N) is 4. The summed E-state index contributed by atoms with van der Waals surface area (Å²) in [5.74, 6) is 0.953. The van der Waals surface area contributed by atoms with E-state index in [4.69, 9.17) is 9.72 Å². The van der Waals surface area contributed by atoms with Gasteiger partial charge in [0.1, 0.15) is 5.75 Å². The molecular formula is C24H24N4O. The maximum absolute atomic E-state index is 5.56. The second kappa shape index (κ2) is 7.68. The molecular weight excluding hydrogens is 360 g/mol. The summed E-state index contributed by atoms with van der Waals surface area (Å²) in [5, 5.41) is 0. The van der Waals surface area contributed by atoms with Crippen LogP contribution in [0.15, 0.2) is 73.4 Å². The fourth-order valence-electron chi connectivity index (χ4n) is 4.36. The number of fused-ring (bicyclic) bond motifs is 1. The lowest BCUT2D eigenvalue weighted by molar-refractivity contribution is 0.242. The lowest BCUT2D eigenvalue weighted by Gasteiger charge is -2.24. The number of hydrogen-bond acceptors (Lipinski definition) is 4. The molecule has 0 aliphatic carbocycles. The van der Waals surface area contributed by atoms with Crippen molar-refractivity contribution >= 4 is 5.52 Å². The minimum absolute atomic E-state index is 0.328. The predicted molar refractivity (Wildman–Crippen MR) is 114 cm³/mol. The van der Waals surface area contributed by atoms with Crippen molar-refractivity contribution in [3.63, 3.8) is 0 Å². The number of para-hydroxylation sites is 1. The zero-order chi connectivity index (χ0) is 19.6. The molecule has 4 aromatic rings. The van der Waals surface area contributed by atoms with Gasteiger partial charge in [-0.3, -0.25) is 9.88 Å². The predicted octanol–water partition coefficient (Wildman–Crippen LogP) is 4.74. The van der Waals surface area contributed by atoms with Gasteiger partial charge in [0.2, 0.25) is 0 Å². The molecule has 1 aliphatic heterocycles. The highest BCUT2D eigenvalue weighted by Gasteiger charge is 2.29. The van der Waals surface area contributed by atoms with Gasteiger partial charge in [-0.15, -0.1) is 0 Å². The van der Waals surface area contributed by atoms with E-state index in [9.17, 15) is 0 Å². The Bertz CT molecular complexity index is 1120. The molecule has 4 heterocycles. The summed E-state index contributed by atoms with van der Waals surface area (Å²) in [7, 11) is 1.74. The van der Waals surface area contributed by atoms with E-state index in [0.29, 0.717) is 6.04 Å². The van der Waals surface area contributed by atoms with Gasteiger partial charge in [0.25, 0.3) is 0 Å². The molecule has 1 aliphatic rings. The Kier molecular flexibility index (Phi) is 4.74. The quantitative estimate of drug-likeness (QED) is 0.498. The van der Waals surface area contributed by atoms with Gasteiger partial charge in [-0.25, -0.2) is 4.98 Å². The van der Waals surface area contributed by atoms with Crippen LogP contribution in [0.2, 0.25) is 0 Å². The standard InChI is InChI=1S/C24H24N4O/c1-29-23-9-3-2-6-20(23)16-27-13-5-8-21(27)24-22-11-10-19(15-28(22)17-26-24)18-7-4-12-25-14-18/h2-4,6-7,9-12,14-15,17,21H,5,8,13,16H2,1H3. The fourth-order valence-corrected chi connectivity index (χ4v) is 4.36. The first-order valence-electron chi connectivity index (χ1n) is 10.1. The molecule has 0 amide bonds. The number of rotatable bonds is 5. The fraction of sp³-hybridized carbons (Fsp3) is 0.250. The van der Waals surface area contributed by atoms with Crippen molar-refractivity contribution in [2.75, 3.05) is 13.7 Å². The molecule has 0 spiro atoms. The monoisotopic (exact) mass is 384 g/mol. The van der Waals surface area contributed by atoms with E-state index in [1.54, 1.807) is 13.3 Å². The molecule has 1 aromatic carbocycles. The minimum atomic E-state index is 0.328. The summed E-state index contributed by atoms with van der Waals surface area (Å²) in [6, 6.07) is 17.0. The maximum Gasteiger partial charge on any atom is 0.123 e. The molecule has 146 valence electrons. The molecule has 0 radical (unpaired) electrons. The highest BCUT2D eigenvalue weighted by Crippen LogP contribution is 2.36. The molecule has 0 N–H and O–H groups in total. The molecule has 5 rings (SSSR count). The molecule has 5 heteroatoms. The Hall–Kier alpha value is -3.18. The van der Waals surface area contributed by atoms with Crippen LogP contribution >= 0.6 is 0 Å². The van der Waals surface area contributed by atoms with E-state index >= 15 is 0 Å². The van der Waals surface area contributed by atoms with Gasteiger partial charge in [0, 0.05) is 36.3 Å². The van der Waals surface area contributed by atoms with Gasteiger partial charge in [0.15, 0.2) is 0 Å². The third-order valence-corrected chi connectivity index (χ3v) is 5.80. The molecule has 5 nitrogen and oxygen atoms in total. The number of hydrogen-bond donors (Lipinski definition) is 0. The number of methoxy groups -OCH3 is 1. The summed E-state index contributed by atoms with van der Waals surface area (Å²) in [4.78, 5) is 11.6. The Balaban J connectivity index is 1.45.